The van der Waals surface area contributed by atoms with Gasteiger partial charge in [-0.15, -0.1) is 0 Å². The van der Waals surface area contributed by atoms with Crippen molar-refractivity contribution in [1.82, 2.24) is 0 Å². The van der Waals surface area contributed by atoms with E-state index in [1.165, 1.54) is 0 Å². The number of hydrogen-bond donors (Lipinski definition) is 2. The van der Waals surface area contributed by atoms with Crippen LogP contribution in [0.4, 0.5) is 10.5 Å². The number of hydrogen-bond acceptors (Lipinski definition) is 3. The van der Waals surface area contributed by atoms with Crippen LogP contribution in [-0.2, 0) is 4.74 Å². The van der Waals surface area contributed by atoms with Gasteiger partial charge in [-0.2, -0.15) is 0 Å². The van der Waals surface area contributed by atoms with Crippen LogP contribution in [0.2, 0.25) is 5.02 Å². The quantitative estimate of drug-likeness (QED) is 0.866. The van der Waals surface area contributed by atoms with Gasteiger partial charge < -0.3 is 10.5 Å². The zero-order valence-electron chi connectivity index (χ0n) is 13.9. The molecule has 1 fully saturated rings. The molecule has 0 spiro atoms. The molecule has 0 unspecified atom stereocenters. The third kappa shape index (κ3) is 3.55. The summed E-state index contributed by atoms with van der Waals surface area (Å²) in [5.41, 5.74) is 7.22. The first kappa shape index (κ1) is 17.1. The number of rotatable bonds is 3. The number of nitrogens with one attached hydrogen (secondary N) is 1. The second kappa shape index (κ2) is 5.74. The third-order valence-corrected chi connectivity index (χ3v) is 4.52. The predicted octanol–water partition coefficient (Wildman–Crippen LogP) is 4.39. The number of benzene rings is 1. The highest BCUT2D eigenvalue weighted by atomic mass is 35.5. The van der Waals surface area contributed by atoms with Gasteiger partial charge in [0.05, 0.1) is 0 Å². The van der Waals surface area contributed by atoms with E-state index in [0.717, 1.165) is 11.3 Å². The van der Waals surface area contributed by atoms with E-state index in [1.807, 2.05) is 32.9 Å². The van der Waals surface area contributed by atoms with Crippen molar-refractivity contribution < 1.29 is 9.53 Å². The number of carbonyl (C=O) groups is 1. The summed E-state index contributed by atoms with van der Waals surface area (Å²) in [6.45, 7) is 10.5. The molecular formula is C17H25ClN2O2. The average Bonchev–Trinajstić information content (AvgIpc) is 2.90. The van der Waals surface area contributed by atoms with E-state index >= 15 is 0 Å². The molecular weight excluding hydrogens is 300 g/mol. The van der Waals surface area contributed by atoms with Crippen molar-refractivity contribution in [3.05, 3.63) is 28.8 Å². The summed E-state index contributed by atoms with van der Waals surface area (Å²) in [6, 6.07) is 5.50. The second-order valence-electron chi connectivity index (χ2n) is 7.50. The van der Waals surface area contributed by atoms with Crippen molar-refractivity contribution >= 4 is 23.4 Å². The van der Waals surface area contributed by atoms with Gasteiger partial charge >= 0.3 is 6.09 Å². The van der Waals surface area contributed by atoms with Crippen LogP contribution in [0.3, 0.4) is 0 Å². The summed E-state index contributed by atoms with van der Waals surface area (Å²) >= 11 is 6.14. The molecule has 3 N–H and O–H groups in total. The Bertz CT molecular complexity index is 579. The first-order chi connectivity index (χ1) is 10.1. The maximum atomic E-state index is 12.0. The van der Waals surface area contributed by atoms with E-state index in [0.29, 0.717) is 23.4 Å². The van der Waals surface area contributed by atoms with Crippen LogP contribution >= 0.6 is 11.6 Å². The molecule has 1 aromatic rings. The second-order valence-corrected chi connectivity index (χ2v) is 7.94. The zero-order chi connectivity index (χ0) is 16.7. The molecule has 2 atom stereocenters. The van der Waals surface area contributed by atoms with Gasteiger partial charge in [0.15, 0.2) is 0 Å². The topological polar surface area (TPSA) is 64.3 Å². The molecule has 1 aromatic carbocycles. The highest BCUT2D eigenvalue weighted by Crippen LogP contribution is 2.65. The van der Waals surface area contributed by atoms with E-state index in [9.17, 15) is 4.79 Å². The molecule has 122 valence electrons. The molecule has 1 amide bonds. The fourth-order valence-corrected chi connectivity index (χ4v) is 3.30. The van der Waals surface area contributed by atoms with Crippen LogP contribution < -0.4 is 11.1 Å². The highest BCUT2D eigenvalue weighted by molar-refractivity contribution is 6.30. The van der Waals surface area contributed by atoms with Crippen LogP contribution in [0.1, 0.15) is 46.1 Å². The van der Waals surface area contributed by atoms with Crippen LogP contribution in [-0.4, -0.2) is 18.2 Å². The van der Waals surface area contributed by atoms with Crippen LogP contribution in [0.5, 0.6) is 0 Å². The van der Waals surface area contributed by atoms with Gasteiger partial charge in [-0.1, -0.05) is 25.4 Å². The van der Waals surface area contributed by atoms with Crippen molar-refractivity contribution in [2.75, 3.05) is 11.9 Å². The minimum absolute atomic E-state index is 0.115. The van der Waals surface area contributed by atoms with Gasteiger partial charge in [-0.25, -0.2) is 4.79 Å². The molecule has 0 radical (unpaired) electrons. The minimum Gasteiger partial charge on any atom is -0.444 e. The van der Waals surface area contributed by atoms with Crippen molar-refractivity contribution in [1.29, 1.82) is 0 Å². The Morgan fingerprint density at radius 2 is 2.05 bits per heavy atom. The summed E-state index contributed by atoms with van der Waals surface area (Å²) in [4.78, 5) is 12.0. The minimum atomic E-state index is -0.532. The number of halogens is 1. The highest BCUT2D eigenvalue weighted by Gasteiger charge is 2.57. The first-order valence-corrected chi connectivity index (χ1v) is 7.93. The lowest BCUT2D eigenvalue weighted by Crippen LogP contribution is -2.27. The lowest BCUT2D eigenvalue weighted by molar-refractivity contribution is 0.0635. The van der Waals surface area contributed by atoms with Gasteiger partial charge in [0, 0.05) is 10.7 Å². The predicted molar refractivity (Wildman–Crippen MR) is 90.4 cm³/mol. The van der Waals surface area contributed by atoms with E-state index in [2.05, 4.69) is 19.2 Å². The van der Waals surface area contributed by atoms with Gasteiger partial charge in [-0.05, 0) is 68.3 Å². The summed E-state index contributed by atoms with van der Waals surface area (Å²) in [5.74, 6) is 0.686. The Balaban J connectivity index is 2.25. The molecule has 4 nitrogen and oxygen atoms in total. The van der Waals surface area contributed by atoms with Crippen molar-refractivity contribution in [2.45, 2.75) is 46.1 Å². The summed E-state index contributed by atoms with van der Waals surface area (Å²) in [7, 11) is 0. The smallest absolute Gasteiger partial charge is 0.412 e. The molecule has 0 saturated heterocycles. The molecule has 1 aliphatic carbocycles. The van der Waals surface area contributed by atoms with Gasteiger partial charge in [0.1, 0.15) is 5.60 Å². The molecule has 1 aliphatic rings. The summed E-state index contributed by atoms with van der Waals surface area (Å²) in [5, 5.41) is 3.49. The Morgan fingerprint density at radius 3 is 2.55 bits per heavy atom. The van der Waals surface area contributed by atoms with Crippen LogP contribution in [0.15, 0.2) is 18.2 Å². The zero-order valence-corrected chi connectivity index (χ0v) is 14.6. The fourth-order valence-electron chi connectivity index (χ4n) is 3.12. The maximum absolute atomic E-state index is 12.0. The number of carbonyl (C=O) groups excluding carboxylic acids is 1. The SMILES string of the molecule is CC(C)(C)OC(=O)Nc1ccc(Cl)cc1[C@H]1[C@H](CN)C1(C)C. The lowest BCUT2D eigenvalue weighted by atomic mass is 10.0. The molecule has 5 heteroatoms. The van der Waals surface area contributed by atoms with Crippen LogP contribution in [0, 0.1) is 11.3 Å². The van der Waals surface area contributed by atoms with Gasteiger partial charge in [0.2, 0.25) is 0 Å². The lowest BCUT2D eigenvalue weighted by Gasteiger charge is -2.21. The number of ether oxygens (including phenoxy) is 1. The number of nitrogens with two attached hydrogens (primary N) is 1. The Hall–Kier alpha value is -1.26. The molecule has 0 aromatic heterocycles. The van der Waals surface area contributed by atoms with Gasteiger partial charge in [0.25, 0.3) is 0 Å². The number of amides is 1. The Morgan fingerprint density at radius 1 is 1.41 bits per heavy atom. The molecule has 2 rings (SSSR count). The van der Waals surface area contributed by atoms with Gasteiger partial charge in [-0.3, -0.25) is 5.32 Å². The van der Waals surface area contributed by atoms with Crippen molar-refractivity contribution in [3.8, 4) is 0 Å². The van der Waals surface area contributed by atoms with Crippen LogP contribution in [0.25, 0.3) is 0 Å². The summed E-state index contributed by atoms with van der Waals surface area (Å²) in [6.07, 6.45) is -0.459. The monoisotopic (exact) mass is 324 g/mol. The first-order valence-electron chi connectivity index (χ1n) is 7.56. The fraction of sp³-hybridized carbons (Fsp3) is 0.588. The number of anilines is 1. The molecule has 0 bridgehead atoms. The van der Waals surface area contributed by atoms with E-state index in [1.54, 1.807) is 6.07 Å². The molecule has 0 aliphatic heterocycles. The normalized spacial score (nSPS) is 23.0. The standard InChI is InChI=1S/C17H25ClN2O2/c1-16(2,3)22-15(21)20-13-7-6-10(18)8-11(13)14-12(9-19)17(14,4)5/h6-8,12,14H,9,19H2,1-5H3,(H,20,21)/t12-,14-/m0/s1. The van der Waals surface area contributed by atoms with E-state index in [4.69, 9.17) is 22.1 Å². The molecule has 1 saturated carbocycles. The molecule has 22 heavy (non-hydrogen) atoms. The van der Waals surface area contributed by atoms with E-state index < -0.39 is 11.7 Å². The third-order valence-electron chi connectivity index (χ3n) is 4.29. The largest absolute Gasteiger partial charge is 0.444 e. The average molecular weight is 325 g/mol. The van der Waals surface area contributed by atoms with Crippen molar-refractivity contribution in [3.63, 3.8) is 0 Å². The van der Waals surface area contributed by atoms with Crippen molar-refractivity contribution in [2.24, 2.45) is 17.1 Å². The Labute approximate surface area is 137 Å². The summed E-state index contributed by atoms with van der Waals surface area (Å²) < 4.78 is 5.32. The molecule has 0 heterocycles. The Kier molecular flexibility index (Phi) is 4.46. The maximum Gasteiger partial charge on any atom is 0.412 e. The van der Waals surface area contributed by atoms with E-state index in [-0.39, 0.29) is 5.41 Å².